The van der Waals surface area contributed by atoms with E-state index in [-0.39, 0.29) is 24.0 Å². The summed E-state index contributed by atoms with van der Waals surface area (Å²) in [4.78, 5) is 27.8. The minimum absolute atomic E-state index is 0.0560. The van der Waals surface area contributed by atoms with E-state index >= 15 is 0 Å². The second-order valence-electron chi connectivity index (χ2n) is 6.84. The van der Waals surface area contributed by atoms with Crippen LogP contribution in [0.25, 0.3) is 0 Å². The Bertz CT molecular complexity index is 428. The largest absolute Gasteiger partial charge is 0.481 e. The Hall–Kier alpha value is -1.30. The van der Waals surface area contributed by atoms with Crippen molar-refractivity contribution in [2.24, 2.45) is 11.8 Å². The first kappa shape index (κ1) is 14.6. The summed E-state index contributed by atoms with van der Waals surface area (Å²) in [7, 11) is 2.12. The average Bonchev–Trinajstić information content (AvgIpc) is 3.02. The van der Waals surface area contributed by atoms with Crippen molar-refractivity contribution in [2.75, 3.05) is 26.7 Å². The molecule has 3 saturated heterocycles. The van der Waals surface area contributed by atoms with Crippen LogP contribution in [0.4, 0.5) is 4.79 Å². The highest BCUT2D eigenvalue weighted by molar-refractivity contribution is 5.79. The summed E-state index contributed by atoms with van der Waals surface area (Å²) in [6.07, 6.45) is 4.76. The van der Waals surface area contributed by atoms with Gasteiger partial charge in [-0.25, -0.2) is 4.79 Å². The molecule has 0 aliphatic carbocycles. The molecule has 21 heavy (non-hydrogen) atoms. The summed E-state index contributed by atoms with van der Waals surface area (Å²) in [6.45, 7) is 2.88. The minimum Gasteiger partial charge on any atom is -0.481 e. The van der Waals surface area contributed by atoms with Gasteiger partial charge in [-0.15, -0.1) is 0 Å². The molecule has 4 atom stereocenters. The molecule has 3 fully saturated rings. The predicted molar refractivity (Wildman–Crippen MR) is 78.0 cm³/mol. The number of carbonyl (C=O) groups is 2. The topological polar surface area (TPSA) is 72.9 Å². The number of amides is 2. The van der Waals surface area contributed by atoms with Gasteiger partial charge in [-0.2, -0.15) is 0 Å². The molecule has 0 spiro atoms. The molecule has 3 aliphatic rings. The van der Waals surface area contributed by atoms with Crippen LogP contribution in [0, 0.1) is 11.8 Å². The van der Waals surface area contributed by atoms with Gasteiger partial charge in [0.15, 0.2) is 0 Å². The molecule has 3 rings (SSSR count). The van der Waals surface area contributed by atoms with Gasteiger partial charge >= 0.3 is 12.0 Å². The van der Waals surface area contributed by atoms with Gasteiger partial charge in [0.1, 0.15) is 0 Å². The molecule has 0 aromatic heterocycles. The lowest BCUT2D eigenvalue weighted by Crippen LogP contribution is -2.47. The summed E-state index contributed by atoms with van der Waals surface area (Å²) in [5.41, 5.74) is 0. The number of nitrogens with zero attached hydrogens (tertiary/aromatic N) is 2. The van der Waals surface area contributed by atoms with E-state index in [0.29, 0.717) is 18.9 Å². The van der Waals surface area contributed by atoms with Crippen LogP contribution in [-0.4, -0.2) is 65.7 Å². The fourth-order valence-corrected chi connectivity index (χ4v) is 4.33. The highest BCUT2D eigenvalue weighted by Crippen LogP contribution is 2.41. The molecular formula is C15H25N3O3. The SMILES string of the molecule is CN1CCCC(CNC(=O)N2C3CCC2C(C(=O)O)C3)C1. The van der Waals surface area contributed by atoms with Crippen LogP contribution in [0.1, 0.15) is 32.1 Å². The first-order chi connectivity index (χ1) is 10.1. The second kappa shape index (κ2) is 5.83. The molecular weight excluding hydrogens is 270 g/mol. The van der Waals surface area contributed by atoms with E-state index in [1.807, 2.05) is 4.90 Å². The maximum atomic E-state index is 12.4. The third-order valence-corrected chi connectivity index (χ3v) is 5.35. The zero-order valence-corrected chi connectivity index (χ0v) is 12.6. The van der Waals surface area contributed by atoms with Crippen LogP contribution in [0.2, 0.25) is 0 Å². The van der Waals surface area contributed by atoms with E-state index in [2.05, 4.69) is 17.3 Å². The molecule has 0 saturated carbocycles. The zero-order chi connectivity index (χ0) is 15.0. The van der Waals surface area contributed by atoms with Crippen molar-refractivity contribution in [3.63, 3.8) is 0 Å². The van der Waals surface area contributed by atoms with Crippen LogP contribution in [0.15, 0.2) is 0 Å². The molecule has 0 radical (unpaired) electrons. The Balaban J connectivity index is 1.53. The lowest BCUT2D eigenvalue weighted by Gasteiger charge is -2.31. The average molecular weight is 295 g/mol. The number of fused-ring (bicyclic) bond motifs is 2. The number of nitrogens with one attached hydrogen (secondary N) is 1. The monoisotopic (exact) mass is 295 g/mol. The minimum atomic E-state index is -0.756. The normalized spacial score (nSPS) is 36.0. The van der Waals surface area contributed by atoms with Gasteiger partial charge in [-0.3, -0.25) is 4.79 Å². The maximum absolute atomic E-state index is 12.4. The van der Waals surface area contributed by atoms with E-state index < -0.39 is 5.97 Å². The van der Waals surface area contributed by atoms with E-state index in [0.717, 1.165) is 32.4 Å². The van der Waals surface area contributed by atoms with Crippen molar-refractivity contribution < 1.29 is 14.7 Å². The van der Waals surface area contributed by atoms with Crippen molar-refractivity contribution >= 4 is 12.0 Å². The molecule has 2 amide bonds. The Morgan fingerprint density at radius 2 is 2.10 bits per heavy atom. The molecule has 0 aromatic carbocycles. The summed E-state index contributed by atoms with van der Waals surface area (Å²) in [5, 5.41) is 12.3. The molecule has 118 valence electrons. The number of carboxylic acid groups (broad SMARTS) is 1. The van der Waals surface area contributed by atoms with Crippen molar-refractivity contribution in [1.29, 1.82) is 0 Å². The molecule has 0 aromatic rings. The molecule has 3 heterocycles. The summed E-state index contributed by atoms with van der Waals surface area (Å²) < 4.78 is 0. The van der Waals surface area contributed by atoms with Crippen LogP contribution in [0.3, 0.4) is 0 Å². The van der Waals surface area contributed by atoms with Crippen LogP contribution < -0.4 is 5.32 Å². The third kappa shape index (κ3) is 2.86. The second-order valence-corrected chi connectivity index (χ2v) is 6.84. The van der Waals surface area contributed by atoms with Gasteiger partial charge in [0.05, 0.1) is 5.92 Å². The number of hydrogen-bond acceptors (Lipinski definition) is 3. The highest BCUT2D eigenvalue weighted by atomic mass is 16.4. The Morgan fingerprint density at radius 3 is 2.76 bits per heavy atom. The number of likely N-dealkylation sites (tertiary alicyclic amines) is 1. The van der Waals surface area contributed by atoms with E-state index in [1.54, 1.807) is 0 Å². The van der Waals surface area contributed by atoms with Crippen LogP contribution in [0.5, 0.6) is 0 Å². The van der Waals surface area contributed by atoms with E-state index in [4.69, 9.17) is 0 Å². The van der Waals surface area contributed by atoms with E-state index in [1.165, 1.54) is 6.42 Å². The lowest BCUT2D eigenvalue weighted by molar-refractivity contribution is -0.142. The Labute approximate surface area is 125 Å². The number of rotatable bonds is 3. The van der Waals surface area contributed by atoms with Crippen molar-refractivity contribution in [2.45, 2.75) is 44.2 Å². The van der Waals surface area contributed by atoms with Crippen LogP contribution in [-0.2, 0) is 4.79 Å². The fraction of sp³-hybridized carbons (Fsp3) is 0.867. The maximum Gasteiger partial charge on any atom is 0.317 e. The number of piperidine rings is 1. The fourth-order valence-electron chi connectivity index (χ4n) is 4.33. The predicted octanol–water partition coefficient (Wildman–Crippen LogP) is 0.975. The van der Waals surface area contributed by atoms with Gasteiger partial charge in [-0.05, 0) is 51.6 Å². The van der Waals surface area contributed by atoms with Crippen molar-refractivity contribution in [1.82, 2.24) is 15.1 Å². The van der Waals surface area contributed by atoms with Crippen LogP contribution >= 0.6 is 0 Å². The molecule has 3 aliphatic heterocycles. The number of aliphatic carboxylic acids is 1. The van der Waals surface area contributed by atoms with Crippen molar-refractivity contribution in [3.05, 3.63) is 0 Å². The van der Waals surface area contributed by atoms with Gasteiger partial charge in [0.25, 0.3) is 0 Å². The van der Waals surface area contributed by atoms with Gasteiger partial charge < -0.3 is 20.2 Å². The molecule has 6 nitrogen and oxygen atoms in total. The van der Waals surface area contributed by atoms with Gasteiger partial charge in [0, 0.05) is 25.2 Å². The van der Waals surface area contributed by atoms with E-state index in [9.17, 15) is 14.7 Å². The van der Waals surface area contributed by atoms with Crippen molar-refractivity contribution in [3.8, 4) is 0 Å². The number of carbonyl (C=O) groups excluding carboxylic acids is 1. The summed E-state index contributed by atoms with van der Waals surface area (Å²) in [6, 6.07) is -0.0221. The Kier molecular flexibility index (Phi) is 4.06. The third-order valence-electron chi connectivity index (χ3n) is 5.35. The highest BCUT2D eigenvalue weighted by Gasteiger charge is 2.51. The number of urea groups is 1. The first-order valence-electron chi connectivity index (χ1n) is 8.03. The summed E-state index contributed by atoms with van der Waals surface area (Å²) in [5.74, 6) is -0.604. The molecule has 2 N–H and O–H groups in total. The standard InChI is InChI=1S/C15H25N3O3/c1-17-6-2-3-10(9-17)8-16-15(21)18-11-4-5-13(18)12(7-11)14(19)20/h10-13H,2-9H2,1H3,(H,16,21)(H,19,20). The number of carboxylic acids is 1. The smallest absolute Gasteiger partial charge is 0.317 e. The quantitative estimate of drug-likeness (QED) is 0.814. The lowest BCUT2D eigenvalue weighted by atomic mass is 9.89. The Morgan fingerprint density at radius 1 is 1.29 bits per heavy atom. The molecule has 6 heteroatoms. The number of hydrogen-bond donors (Lipinski definition) is 2. The summed E-state index contributed by atoms with van der Waals surface area (Å²) >= 11 is 0. The molecule has 4 unspecified atom stereocenters. The molecule has 2 bridgehead atoms. The van der Waals surface area contributed by atoms with Gasteiger partial charge in [-0.1, -0.05) is 0 Å². The zero-order valence-electron chi connectivity index (χ0n) is 12.6. The first-order valence-corrected chi connectivity index (χ1v) is 8.03. The van der Waals surface area contributed by atoms with Gasteiger partial charge in [0.2, 0.25) is 0 Å².